The van der Waals surface area contributed by atoms with Crippen LogP contribution in [0.5, 0.6) is 11.5 Å². The quantitative estimate of drug-likeness (QED) is 0.604. The first-order chi connectivity index (χ1) is 13.0. The molecule has 1 N–H and O–H groups in total. The fourth-order valence-corrected chi connectivity index (χ4v) is 3.14. The lowest BCUT2D eigenvalue weighted by Gasteiger charge is -2.06. The molecule has 3 rings (SSSR count). The molecule has 1 heterocycles. The highest BCUT2D eigenvalue weighted by atomic mass is 35.5. The zero-order chi connectivity index (χ0) is 19.2. The first kappa shape index (κ1) is 18.9. The number of fused-ring (bicyclic) bond motifs is 1. The van der Waals surface area contributed by atoms with E-state index >= 15 is 0 Å². The Morgan fingerprint density at radius 1 is 1.11 bits per heavy atom. The van der Waals surface area contributed by atoms with Crippen molar-refractivity contribution in [1.82, 2.24) is 4.98 Å². The van der Waals surface area contributed by atoms with Crippen molar-refractivity contribution in [2.45, 2.75) is 0 Å². The van der Waals surface area contributed by atoms with Crippen LogP contribution in [0.2, 0.25) is 5.02 Å². The second-order valence-corrected chi connectivity index (χ2v) is 6.77. The van der Waals surface area contributed by atoms with Crippen LogP contribution in [0.3, 0.4) is 0 Å². The van der Waals surface area contributed by atoms with Crippen LogP contribution in [0, 0.1) is 0 Å². The first-order valence-electron chi connectivity index (χ1n) is 7.82. The van der Waals surface area contributed by atoms with Crippen molar-refractivity contribution in [3.63, 3.8) is 0 Å². The Kier molecular flexibility index (Phi) is 6.10. The number of carbonyl (C=O) groups is 2. The van der Waals surface area contributed by atoms with Gasteiger partial charge in [0.05, 0.1) is 17.3 Å². The van der Waals surface area contributed by atoms with Crippen molar-refractivity contribution in [2.75, 3.05) is 25.6 Å². The van der Waals surface area contributed by atoms with Crippen molar-refractivity contribution >= 4 is 50.2 Å². The molecule has 140 valence electrons. The van der Waals surface area contributed by atoms with E-state index in [0.717, 1.165) is 10.2 Å². The molecule has 0 bridgehead atoms. The molecular weight excluding hydrogens is 392 g/mol. The molecule has 7 nitrogen and oxygen atoms in total. The van der Waals surface area contributed by atoms with Crippen LogP contribution in [0.1, 0.15) is 0 Å². The molecule has 0 unspecified atom stereocenters. The summed E-state index contributed by atoms with van der Waals surface area (Å²) in [5, 5.41) is 3.58. The van der Waals surface area contributed by atoms with Gasteiger partial charge in [0.15, 0.2) is 18.3 Å². The highest BCUT2D eigenvalue weighted by Crippen LogP contribution is 2.29. The molecule has 0 aliphatic heterocycles. The summed E-state index contributed by atoms with van der Waals surface area (Å²) in [6.45, 7) is -0.738. The number of hydrogen-bond acceptors (Lipinski definition) is 7. The van der Waals surface area contributed by atoms with E-state index in [9.17, 15) is 9.59 Å². The third kappa shape index (κ3) is 5.32. The van der Waals surface area contributed by atoms with Crippen LogP contribution < -0.4 is 14.8 Å². The predicted octanol–water partition coefficient (Wildman–Crippen LogP) is 3.52. The van der Waals surface area contributed by atoms with Gasteiger partial charge in [-0.15, -0.1) is 0 Å². The minimum Gasteiger partial charge on any atom is -0.497 e. The van der Waals surface area contributed by atoms with Gasteiger partial charge in [-0.3, -0.25) is 10.1 Å². The topological polar surface area (TPSA) is 86.8 Å². The summed E-state index contributed by atoms with van der Waals surface area (Å²) in [4.78, 5) is 27.9. The lowest BCUT2D eigenvalue weighted by Crippen LogP contribution is -2.23. The number of methoxy groups -OCH3 is 1. The van der Waals surface area contributed by atoms with E-state index in [1.165, 1.54) is 11.3 Å². The Morgan fingerprint density at radius 2 is 1.85 bits per heavy atom. The molecule has 27 heavy (non-hydrogen) atoms. The smallest absolute Gasteiger partial charge is 0.344 e. The van der Waals surface area contributed by atoms with Crippen molar-refractivity contribution in [3.05, 3.63) is 47.5 Å². The minimum absolute atomic E-state index is 0.310. The molecule has 3 aromatic rings. The maximum absolute atomic E-state index is 11.9. The highest BCUT2D eigenvalue weighted by Gasteiger charge is 2.12. The van der Waals surface area contributed by atoms with Crippen LogP contribution in [-0.4, -0.2) is 37.2 Å². The number of hydrogen-bond donors (Lipinski definition) is 1. The van der Waals surface area contributed by atoms with Gasteiger partial charge in [0.25, 0.3) is 5.91 Å². The van der Waals surface area contributed by atoms with Gasteiger partial charge in [-0.1, -0.05) is 22.9 Å². The number of aromatic nitrogens is 1. The Bertz CT molecular complexity index is 958. The van der Waals surface area contributed by atoms with Crippen molar-refractivity contribution in [3.8, 4) is 11.5 Å². The summed E-state index contributed by atoms with van der Waals surface area (Å²) in [6.07, 6.45) is 0. The molecule has 0 atom stereocenters. The Hall–Kier alpha value is -2.84. The molecule has 0 aliphatic carbocycles. The van der Waals surface area contributed by atoms with Crippen LogP contribution in [0.15, 0.2) is 42.5 Å². The van der Waals surface area contributed by atoms with Crippen molar-refractivity contribution < 1.29 is 23.8 Å². The summed E-state index contributed by atoms with van der Waals surface area (Å²) in [6, 6.07) is 12.0. The summed E-state index contributed by atoms with van der Waals surface area (Å²) < 4.78 is 16.2. The zero-order valence-electron chi connectivity index (χ0n) is 14.2. The number of benzene rings is 2. The summed E-state index contributed by atoms with van der Waals surface area (Å²) in [5.41, 5.74) is 0.740. The fraction of sp³-hybridized carbons (Fsp3) is 0.167. The average molecular weight is 407 g/mol. The van der Waals surface area contributed by atoms with E-state index in [2.05, 4.69) is 10.3 Å². The summed E-state index contributed by atoms with van der Waals surface area (Å²) >= 11 is 7.06. The number of anilines is 1. The zero-order valence-corrected chi connectivity index (χ0v) is 15.8. The number of carbonyl (C=O) groups excluding carboxylic acids is 2. The number of ether oxygens (including phenoxy) is 3. The van der Waals surface area contributed by atoms with Crippen LogP contribution in [0.4, 0.5) is 5.13 Å². The van der Waals surface area contributed by atoms with E-state index in [0.29, 0.717) is 21.7 Å². The number of esters is 1. The van der Waals surface area contributed by atoms with E-state index in [-0.39, 0.29) is 6.61 Å². The van der Waals surface area contributed by atoms with Gasteiger partial charge in [-0.25, -0.2) is 9.78 Å². The van der Waals surface area contributed by atoms with Gasteiger partial charge in [0.2, 0.25) is 0 Å². The molecule has 2 aromatic carbocycles. The van der Waals surface area contributed by atoms with Gasteiger partial charge < -0.3 is 14.2 Å². The molecule has 0 spiro atoms. The van der Waals surface area contributed by atoms with E-state index in [1.807, 2.05) is 6.07 Å². The number of nitrogens with one attached hydrogen (secondary N) is 1. The predicted molar refractivity (Wildman–Crippen MR) is 103 cm³/mol. The largest absolute Gasteiger partial charge is 0.497 e. The van der Waals surface area contributed by atoms with Gasteiger partial charge in [0.1, 0.15) is 11.5 Å². The fourth-order valence-electron chi connectivity index (χ4n) is 2.10. The van der Waals surface area contributed by atoms with Crippen LogP contribution >= 0.6 is 22.9 Å². The lowest BCUT2D eigenvalue weighted by atomic mass is 10.3. The standard InChI is InChI=1S/C18H15ClN2O5S/c1-24-13-6-7-14-15(8-13)27-18(20-14)21-16(22)9-26-17(23)10-25-12-4-2-11(19)3-5-12/h2-8H,9-10H2,1H3,(H,20,21,22). The Balaban J connectivity index is 1.46. The second kappa shape index (κ2) is 8.70. The summed E-state index contributed by atoms with van der Waals surface area (Å²) in [5.74, 6) is 0.0411. The highest BCUT2D eigenvalue weighted by molar-refractivity contribution is 7.22. The second-order valence-electron chi connectivity index (χ2n) is 5.30. The van der Waals surface area contributed by atoms with Gasteiger partial charge in [-0.2, -0.15) is 0 Å². The molecule has 9 heteroatoms. The molecule has 0 saturated heterocycles. The number of amides is 1. The van der Waals surface area contributed by atoms with Crippen LogP contribution in [-0.2, 0) is 14.3 Å². The average Bonchev–Trinajstić information content (AvgIpc) is 3.07. The van der Waals surface area contributed by atoms with Gasteiger partial charge in [0, 0.05) is 5.02 Å². The Morgan fingerprint density at radius 3 is 2.59 bits per heavy atom. The maximum atomic E-state index is 11.9. The SMILES string of the molecule is COc1ccc2nc(NC(=O)COC(=O)COc3ccc(Cl)cc3)sc2c1. The van der Waals surface area contributed by atoms with Crippen LogP contribution in [0.25, 0.3) is 10.2 Å². The number of rotatable bonds is 7. The third-order valence-corrected chi connectivity index (χ3v) is 4.56. The molecule has 1 aromatic heterocycles. The molecule has 1 amide bonds. The normalized spacial score (nSPS) is 10.4. The molecular formula is C18H15ClN2O5S. The van der Waals surface area contributed by atoms with Crippen molar-refractivity contribution in [1.29, 1.82) is 0 Å². The number of nitrogens with zero attached hydrogens (tertiary/aromatic N) is 1. The van der Waals surface area contributed by atoms with E-state index < -0.39 is 18.5 Å². The third-order valence-electron chi connectivity index (χ3n) is 3.38. The Labute approximate surface area is 163 Å². The maximum Gasteiger partial charge on any atom is 0.344 e. The van der Waals surface area contributed by atoms with E-state index in [4.69, 9.17) is 25.8 Å². The van der Waals surface area contributed by atoms with Crippen molar-refractivity contribution in [2.24, 2.45) is 0 Å². The number of thiazole rings is 1. The number of halogens is 1. The van der Waals surface area contributed by atoms with Gasteiger partial charge in [-0.05, 0) is 42.5 Å². The molecule has 0 saturated carbocycles. The first-order valence-corrected chi connectivity index (χ1v) is 9.01. The molecule has 0 radical (unpaired) electrons. The molecule has 0 fully saturated rings. The monoisotopic (exact) mass is 406 g/mol. The minimum atomic E-state index is -0.658. The summed E-state index contributed by atoms with van der Waals surface area (Å²) in [7, 11) is 1.58. The van der Waals surface area contributed by atoms with Gasteiger partial charge >= 0.3 is 5.97 Å². The van der Waals surface area contributed by atoms with E-state index in [1.54, 1.807) is 43.5 Å². The lowest BCUT2D eigenvalue weighted by molar-refractivity contribution is -0.149. The molecule has 0 aliphatic rings.